The van der Waals surface area contributed by atoms with E-state index in [9.17, 15) is 4.79 Å². The summed E-state index contributed by atoms with van der Waals surface area (Å²) in [6.45, 7) is 1.99. The molecule has 0 aliphatic rings. The lowest BCUT2D eigenvalue weighted by molar-refractivity contribution is 1.43. The third kappa shape index (κ3) is 1.35. The van der Waals surface area contributed by atoms with Crippen molar-refractivity contribution in [2.45, 2.75) is 6.92 Å². The Morgan fingerprint density at radius 1 is 0.842 bits per heavy atom. The number of aryl methyl sites for hydroxylation is 1. The number of aromatic nitrogens is 2. The van der Waals surface area contributed by atoms with Crippen LogP contribution in [0, 0.1) is 6.92 Å². The molecule has 0 atom stereocenters. The molecular formula is C16H12N2O. The van der Waals surface area contributed by atoms with Gasteiger partial charge in [0.25, 0.3) is 0 Å². The molecule has 0 spiro atoms. The second kappa shape index (κ2) is 3.48. The van der Waals surface area contributed by atoms with Crippen LogP contribution in [0.1, 0.15) is 5.56 Å². The Balaban J connectivity index is 2.33. The average Bonchev–Trinajstić information content (AvgIpc) is 2.79. The molecule has 4 rings (SSSR count). The smallest absolute Gasteiger partial charge is 0.213 e. The van der Waals surface area contributed by atoms with E-state index < -0.39 is 0 Å². The third-order valence-electron chi connectivity index (χ3n) is 3.61. The van der Waals surface area contributed by atoms with Crippen molar-refractivity contribution in [1.82, 2.24) is 9.97 Å². The monoisotopic (exact) mass is 248 g/mol. The van der Waals surface area contributed by atoms with Gasteiger partial charge >= 0.3 is 0 Å². The highest BCUT2D eigenvalue weighted by Gasteiger charge is 2.10. The van der Waals surface area contributed by atoms with Gasteiger partial charge in [0.1, 0.15) is 5.52 Å². The molecule has 0 saturated carbocycles. The highest BCUT2D eigenvalue weighted by Crippen LogP contribution is 2.23. The van der Waals surface area contributed by atoms with E-state index in [-0.39, 0.29) is 5.43 Å². The average molecular weight is 248 g/mol. The van der Waals surface area contributed by atoms with Gasteiger partial charge in [0, 0.05) is 21.8 Å². The van der Waals surface area contributed by atoms with Crippen LogP contribution in [0.5, 0.6) is 0 Å². The van der Waals surface area contributed by atoms with Crippen LogP contribution in [0.3, 0.4) is 0 Å². The lowest BCUT2D eigenvalue weighted by atomic mass is 10.1. The van der Waals surface area contributed by atoms with E-state index in [2.05, 4.69) is 9.97 Å². The molecule has 92 valence electrons. The molecule has 0 amide bonds. The zero-order valence-electron chi connectivity index (χ0n) is 10.4. The van der Waals surface area contributed by atoms with Crippen LogP contribution in [-0.4, -0.2) is 9.97 Å². The summed E-state index contributed by atoms with van der Waals surface area (Å²) < 4.78 is 0. The number of aromatic amines is 2. The van der Waals surface area contributed by atoms with E-state index in [0.717, 1.165) is 32.9 Å². The number of hydrogen-bond donors (Lipinski definition) is 2. The predicted octanol–water partition coefficient (Wildman–Crippen LogP) is 3.47. The van der Waals surface area contributed by atoms with Gasteiger partial charge in [0.2, 0.25) is 5.43 Å². The van der Waals surface area contributed by atoms with Crippen LogP contribution >= 0.6 is 0 Å². The van der Waals surface area contributed by atoms with Crippen molar-refractivity contribution in [2.24, 2.45) is 0 Å². The van der Waals surface area contributed by atoms with E-state index in [1.54, 1.807) is 0 Å². The summed E-state index contributed by atoms with van der Waals surface area (Å²) in [5.41, 5.74) is 4.55. The van der Waals surface area contributed by atoms with Gasteiger partial charge < -0.3 is 9.97 Å². The van der Waals surface area contributed by atoms with Crippen molar-refractivity contribution in [3.05, 3.63) is 58.3 Å². The number of pyridine rings is 1. The zero-order valence-corrected chi connectivity index (χ0v) is 10.4. The van der Waals surface area contributed by atoms with Gasteiger partial charge in [-0.25, -0.2) is 0 Å². The molecule has 2 N–H and O–H groups in total. The first-order valence-electron chi connectivity index (χ1n) is 6.27. The van der Waals surface area contributed by atoms with E-state index in [4.69, 9.17) is 0 Å². The Morgan fingerprint density at radius 3 is 2.47 bits per heavy atom. The molecule has 0 radical (unpaired) electrons. The number of benzene rings is 2. The Morgan fingerprint density at radius 2 is 1.58 bits per heavy atom. The first kappa shape index (κ1) is 10.4. The molecule has 2 aromatic carbocycles. The largest absolute Gasteiger partial charge is 0.353 e. The summed E-state index contributed by atoms with van der Waals surface area (Å²) in [7, 11) is 0. The van der Waals surface area contributed by atoms with Gasteiger partial charge in [0.05, 0.1) is 5.52 Å². The van der Waals surface area contributed by atoms with Gasteiger partial charge in [-0.2, -0.15) is 0 Å². The Labute approximate surface area is 108 Å². The fourth-order valence-corrected chi connectivity index (χ4v) is 2.67. The normalized spacial score (nSPS) is 11.6. The lowest BCUT2D eigenvalue weighted by Gasteiger charge is -2.00. The van der Waals surface area contributed by atoms with Crippen molar-refractivity contribution in [3.63, 3.8) is 0 Å². The SMILES string of the molecule is Cc1ccc2[nH]c3c([nH]c4ccccc43)c(=O)c2c1. The minimum atomic E-state index is 0.0589. The third-order valence-corrected chi connectivity index (χ3v) is 3.61. The number of para-hydroxylation sites is 1. The van der Waals surface area contributed by atoms with E-state index in [1.165, 1.54) is 0 Å². The number of H-pyrrole nitrogens is 2. The van der Waals surface area contributed by atoms with Crippen LogP contribution in [0.4, 0.5) is 0 Å². The molecule has 0 fully saturated rings. The second-order valence-electron chi connectivity index (χ2n) is 4.92. The summed E-state index contributed by atoms with van der Waals surface area (Å²) >= 11 is 0. The standard InChI is InChI=1S/C16H12N2O/c1-9-6-7-13-11(8-9)16(19)15-14(17-13)10-4-2-3-5-12(10)18-15/h2-8,18H,1H3,(H,17,19). The first-order chi connectivity index (χ1) is 9.24. The molecule has 0 saturated heterocycles. The highest BCUT2D eigenvalue weighted by atomic mass is 16.1. The Bertz CT molecular complexity index is 992. The molecular weight excluding hydrogens is 236 g/mol. The number of rotatable bonds is 0. The molecule has 0 unspecified atom stereocenters. The lowest BCUT2D eigenvalue weighted by Crippen LogP contribution is -2.03. The molecule has 4 aromatic rings. The van der Waals surface area contributed by atoms with Crippen molar-refractivity contribution in [3.8, 4) is 0 Å². The van der Waals surface area contributed by atoms with Crippen molar-refractivity contribution >= 4 is 32.8 Å². The van der Waals surface area contributed by atoms with Crippen LogP contribution in [0.25, 0.3) is 32.8 Å². The number of nitrogens with one attached hydrogen (secondary N) is 2. The molecule has 3 nitrogen and oxygen atoms in total. The van der Waals surface area contributed by atoms with Gasteiger partial charge in [-0.05, 0) is 25.1 Å². The predicted molar refractivity (Wildman–Crippen MR) is 78.7 cm³/mol. The van der Waals surface area contributed by atoms with E-state index in [0.29, 0.717) is 5.52 Å². The second-order valence-corrected chi connectivity index (χ2v) is 4.92. The molecule has 0 bridgehead atoms. The molecule has 3 heteroatoms. The fraction of sp³-hybridized carbons (Fsp3) is 0.0625. The van der Waals surface area contributed by atoms with E-state index >= 15 is 0 Å². The van der Waals surface area contributed by atoms with Crippen molar-refractivity contribution in [1.29, 1.82) is 0 Å². The highest BCUT2D eigenvalue weighted by molar-refractivity contribution is 6.07. The minimum Gasteiger partial charge on any atom is -0.353 e. The molecule has 0 aliphatic carbocycles. The summed E-state index contributed by atoms with van der Waals surface area (Å²) in [4.78, 5) is 19.1. The van der Waals surface area contributed by atoms with Crippen LogP contribution < -0.4 is 5.43 Å². The van der Waals surface area contributed by atoms with Gasteiger partial charge in [0.15, 0.2) is 0 Å². The number of hydrogen-bond acceptors (Lipinski definition) is 1. The van der Waals surface area contributed by atoms with Crippen LogP contribution in [-0.2, 0) is 0 Å². The van der Waals surface area contributed by atoms with Crippen molar-refractivity contribution in [2.75, 3.05) is 0 Å². The summed E-state index contributed by atoms with van der Waals surface area (Å²) in [5, 5.41) is 1.79. The maximum atomic E-state index is 12.6. The number of fused-ring (bicyclic) bond motifs is 4. The zero-order chi connectivity index (χ0) is 13.0. The summed E-state index contributed by atoms with van der Waals surface area (Å²) in [6, 6.07) is 13.9. The molecule has 2 aromatic heterocycles. The summed E-state index contributed by atoms with van der Waals surface area (Å²) in [6.07, 6.45) is 0. The first-order valence-corrected chi connectivity index (χ1v) is 6.27. The van der Waals surface area contributed by atoms with Crippen LogP contribution in [0.15, 0.2) is 47.3 Å². The molecule has 19 heavy (non-hydrogen) atoms. The van der Waals surface area contributed by atoms with Gasteiger partial charge in [-0.1, -0.05) is 29.8 Å². The van der Waals surface area contributed by atoms with Crippen LogP contribution in [0.2, 0.25) is 0 Å². The Kier molecular flexibility index (Phi) is 1.90. The van der Waals surface area contributed by atoms with Gasteiger partial charge in [-0.15, -0.1) is 0 Å². The molecule has 0 aliphatic heterocycles. The van der Waals surface area contributed by atoms with Crippen molar-refractivity contribution < 1.29 is 0 Å². The maximum Gasteiger partial charge on any atom is 0.213 e. The topological polar surface area (TPSA) is 48.6 Å². The fourth-order valence-electron chi connectivity index (χ4n) is 2.67. The summed E-state index contributed by atoms with van der Waals surface area (Å²) in [5.74, 6) is 0. The Hall–Kier alpha value is -2.55. The quantitative estimate of drug-likeness (QED) is 0.492. The van der Waals surface area contributed by atoms with Gasteiger partial charge in [-0.3, -0.25) is 4.79 Å². The molecule has 2 heterocycles. The minimum absolute atomic E-state index is 0.0589. The van der Waals surface area contributed by atoms with E-state index in [1.807, 2.05) is 49.4 Å². The maximum absolute atomic E-state index is 12.6.